The summed E-state index contributed by atoms with van der Waals surface area (Å²) in [4.78, 5) is 38.4. The Bertz CT molecular complexity index is 1550. The molecule has 0 bridgehead atoms. The van der Waals surface area contributed by atoms with Crippen LogP contribution in [-0.4, -0.2) is 37.2 Å². The number of carbonyl (C=O) groups excluding carboxylic acids is 3. The molecule has 82 heavy (non-hydrogen) atoms. The quantitative estimate of drug-likeness (QED) is 0.0261. The van der Waals surface area contributed by atoms with Crippen molar-refractivity contribution in [3.63, 3.8) is 0 Å². The Kier molecular flexibility index (Phi) is 67.2. The molecule has 0 aliphatic carbocycles. The summed E-state index contributed by atoms with van der Waals surface area (Å²) in [6, 6.07) is 0. The monoisotopic (exact) mass is 1140 g/mol. The van der Waals surface area contributed by atoms with E-state index in [1.807, 2.05) is 0 Å². The van der Waals surface area contributed by atoms with Crippen LogP contribution in [-0.2, 0) is 28.6 Å². The fraction of sp³-hybridized carbons (Fsp3) is 0.776. The lowest BCUT2D eigenvalue weighted by Crippen LogP contribution is -2.30. The summed E-state index contributed by atoms with van der Waals surface area (Å²) in [7, 11) is 0. The van der Waals surface area contributed by atoms with Crippen molar-refractivity contribution in [3.8, 4) is 0 Å². The number of esters is 3. The van der Waals surface area contributed by atoms with Crippen molar-refractivity contribution >= 4 is 17.9 Å². The molecule has 6 heteroatoms. The molecule has 0 amide bonds. The van der Waals surface area contributed by atoms with E-state index in [2.05, 4.69) is 106 Å². The minimum absolute atomic E-state index is 0.0729. The third-order valence-corrected chi connectivity index (χ3v) is 15.6. The average molecular weight is 1140 g/mol. The molecule has 0 N–H and O–H groups in total. The topological polar surface area (TPSA) is 78.9 Å². The van der Waals surface area contributed by atoms with Crippen molar-refractivity contribution in [2.75, 3.05) is 13.2 Å². The van der Waals surface area contributed by atoms with E-state index in [0.29, 0.717) is 19.3 Å². The fourth-order valence-corrected chi connectivity index (χ4v) is 10.3. The second kappa shape index (κ2) is 70.1. The summed E-state index contributed by atoms with van der Waals surface area (Å²) in [6.07, 6.45) is 93.3. The molecule has 0 aromatic rings. The van der Waals surface area contributed by atoms with Gasteiger partial charge in [-0.2, -0.15) is 0 Å². The molecule has 0 spiro atoms. The van der Waals surface area contributed by atoms with E-state index in [9.17, 15) is 14.4 Å². The van der Waals surface area contributed by atoms with Crippen LogP contribution in [0, 0.1) is 0 Å². The molecule has 1 unspecified atom stereocenters. The van der Waals surface area contributed by atoms with Crippen LogP contribution >= 0.6 is 0 Å². The Morgan fingerprint density at radius 2 is 0.476 bits per heavy atom. The lowest BCUT2D eigenvalue weighted by atomic mass is 10.0. The van der Waals surface area contributed by atoms with Gasteiger partial charge in [0, 0.05) is 19.3 Å². The van der Waals surface area contributed by atoms with Crippen molar-refractivity contribution in [1.82, 2.24) is 0 Å². The number of carbonyl (C=O) groups is 3. The van der Waals surface area contributed by atoms with Crippen LogP contribution in [0.2, 0.25) is 0 Å². The van der Waals surface area contributed by atoms with Gasteiger partial charge in [0.1, 0.15) is 13.2 Å². The first kappa shape index (κ1) is 78.6. The summed E-state index contributed by atoms with van der Waals surface area (Å²) in [5.74, 6) is -0.858. The Balaban J connectivity index is 4.20. The summed E-state index contributed by atoms with van der Waals surface area (Å²) >= 11 is 0. The maximum atomic E-state index is 12.9. The zero-order chi connectivity index (χ0) is 59.2. The van der Waals surface area contributed by atoms with Gasteiger partial charge in [0.2, 0.25) is 0 Å². The van der Waals surface area contributed by atoms with Crippen LogP contribution < -0.4 is 0 Å². The number of hydrogen-bond acceptors (Lipinski definition) is 6. The summed E-state index contributed by atoms with van der Waals surface area (Å²) in [5, 5.41) is 0. The van der Waals surface area contributed by atoms with Crippen molar-refractivity contribution in [2.45, 2.75) is 367 Å². The highest BCUT2D eigenvalue weighted by molar-refractivity contribution is 5.71. The molecule has 0 aliphatic heterocycles. The molecule has 0 rings (SSSR count). The largest absolute Gasteiger partial charge is 0.462 e. The fourth-order valence-electron chi connectivity index (χ4n) is 10.3. The molecule has 0 saturated carbocycles. The minimum atomic E-state index is -0.777. The highest BCUT2D eigenvalue weighted by Gasteiger charge is 2.19. The average Bonchev–Trinajstić information content (AvgIpc) is 3.47. The molecule has 0 radical (unpaired) electrons. The molecule has 0 aromatic carbocycles. The third-order valence-electron chi connectivity index (χ3n) is 15.6. The maximum Gasteiger partial charge on any atom is 0.306 e. The molecule has 0 saturated heterocycles. The number of hydrogen-bond donors (Lipinski definition) is 0. The normalized spacial score (nSPS) is 12.6. The van der Waals surface area contributed by atoms with Crippen molar-refractivity contribution < 1.29 is 28.6 Å². The molecule has 0 fully saturated rings. The van der Waals surface area contributed by atoms with E-state index in [1.165, 1.54) is 225 Å². The van der Waals surface area contributed by atoms with Gasteiger partial charge in [-0.05, 0) is 96.3 Å². The Hall–Kier alpha value is -3.41. The standard InChI is InChI=1S/C76H134O6/c1-4-7-10-13-16-19-22-25-27-29-31-33-34-35-36-37-38-39-40-41-42-44-45-47-49-51-54-57-60-63-66-69-75(78)81-72-73(71-80-74(77)68-65-62-59-56-53-24-21-18-15-12-9-6-3)82-76(79)70-67-64-61-58-55-52-50-48-46-43-32-30-28-26-23-20-17-14-11-8-5-2/h7,10,16,19,23,25-27,30-33,35-36,73H,4-6,8-9,11-15,17-18,20-22,24,28-29,34,37-72H2,1-3H3/b10-7-,19-16-,26-23-,27-25-,32-30-,33-31-,36-35-. The molecule has 0 aliphatic rings. The van der Waals surface area contributed by atoms with Crippen molar-refractivity contribution in [2.24, 2.45) is 0 Å². The molecule has 1 atom stereocenters. The molecular weight excluding hydrogens is 1010 g/mol. The van der Waals surface area contributed by atoms with E-state index in [1.54, 1.807) is 0 Å². The SMILES string of the molecule is CC/C=C\C/C=C\C/C=C\C/C=C\C/C=C\CCCCCCCCCCCCCCCCCC(=O)OCC(COC(=O)CCCCCCCCCCCCCC)OC(=O)CCCCCCCCCCC/C=C\C/C=C\CCCCCCC. The predicted molar refractivity (Wildman–Crippen MR) is 358 cm³/mol. The van der Waals surface area contributed by atoms with Crippen molar-refractivity contribution in [3.05, 3.63) is 85.1 Å². The second-order valence-corrected chi connectivity index (χ2v) is 23.8. The number of unbranched alkanes of at least 4 members (excludes halogenated alkanes) is 40. The van der Waals surface area contributed by atoms with Gasteiger partial charge in [-0.15, -0.1) is 0 Å². The van der Waals surface area contributed by atoms with Gasteiger partial charge in [-0.1, -0.05) is 331 Å². The van der Waals surface area contributed by atoms with Gasteiger partial charge in [-0.3, -0.25) is 14.4 Å². The zero-order valence-corrected chi connectivity index (χ0v) is 54.5. The highest BCUT2D eigenvalue weighted by Crippen LogP contribution is 2.18. The van der Waals surface area contributed by atoms with Crippen LogP contribution in [0.1, 0.15) is 361 Å². The van der Waals surface area contributed by atoms with Gasteiger partial charge in [-0.25, -0.2) is 0 Å². The van der Waals surface area contributed by atoms with Crippen molar-refractivity contribution in [1.29, 1.82) is 0 Å². The number of rotatable bonds is 65. The smallest absolute Gasteiger partial charge is 0.306 e. The first-order chi connectivity index (χ1) is 40.5. The van der Waals surface area contributed by atoms with Crippen LogP contribution in [0.3, 0.4) is 0 Å². The van der Waals surface area contributed by atoms with Gasteiger partial charge in [0.15, 0.2) is 6.10 Å². The summed E-state index contributed by atoms with van der Waals surface area (Å²) in [6.45, 7) is 6.56. The molecule has 0 aromatic heterocycles. The van der Waals surface area contributed by atoms with Crippen LogP contribution in [0.15, 0.2) is 85.1 Å². The maximum absolute atomic E-state index is 12.9. The lowest BCUT2D eigenvalue weighted by Gasteiger charge is -2.18. The zero-order valence-electron chi connectivity index (χ0n) is 54.5. The third kappa shape index (κ3) is 67.4. The second-order valence-electron chi connectivity index (χ2n) is 23.8. The predicted octanol–water partition coefficient (Wildman–Crippen LogP) is 24.6. The number of ether oxygens (including phenoxy) is 3. The van der Waals surface area contributed by atoms with E-state index < -0.39 is 6.10 Å². The van der Waals surface area contributed by atoms with Gasteiger partial charge < -0.3 is 14.2 Å². The van der Waals surface area contributed by atoms with E-state index in [4.69, 9.17) is 14.2 Å². The van der Waals surface area contributed by atoms with E-state index in [0.717, 1.165) is 96.3 Å². The van der Waals surface area contributed by atoms with Gasteiger partial charge >= 0.3 is 17.9 Å². The molecule has 0 heterocycles. The number of allylic oxidation sites excluding steroid dienone is 14. The minimum Gasteiger partial charge on any atom is -0.462 e. The Morgan fingerprint density at radius 1 is 0.256 bits per heavy atom. The van der Waals surface area contributed by atoms with Crippen LogP contribution in [0.25, 0.3) is 0 Å². The molecule has 6 nitrogen and oxygen atoms in total. The first-order valence-electron chi connectivity index (χ1n) is 35.6. The van der Waals surface area contributed by atoms with E-state index in [-0.39, 0.29) is 31.1 Å². The highest BCUT2D eigenvalue weighted by atomic mass is 16.6. The van der Waals surface area contributed by atoms with Crippen LogP contribution in [0.5, 0.6) is 0 Å². The summed E-state index contributed by atoms with van der Waals surface area (Å²) < 4.78 is 17.0. The molecule has 474 valence electrons. The summed E-state index contributed by atoms with van der Waals surface area (Å²) in [5.41, 5.74) is 0. The Labute approximate surface area is 509 Å². The lowest BCUT2D eigenvalue weighted by molar-refractivity contribution is -0.167. The van der Waals surface area contributed by atoms with Gasteiger partial charge in [0.25, 0.3) is 0 Å². The van der Waals surface area contributed by atoms with E-state index >= 15 is 0 Å². The van der Waals surface area contributed by atoms with Gasteiger partial charge in [0.05, 0.1) is 0 Å². The first-order valence-corrected chi connectivity index (χ1v) is 35.6. The Morgan fingerprint density at radius 3 is 0.744 bits per heavy atom. The van der Waals surface area contributed by atoms with Crippen LogP contribution in [0.4, 0.5) is 0 Å². The molecular formula is C76H134O6.